The number of hydrogen-bond acceptors (Lipinski definition) is 2. The summed E-state index contributed by atoms with van der Waals surface area (Å²) < 4.78 is 18.0. The Morgan fingerprint density at radius 2 is 2.18 bits per heavy atom. The van der Waals surface area contributed by atoms with Crippen LogP contribution in [0.2, 0.25) is 0 Å². The highest BCUT2D eigenvalue weighted by Gasteiger charge is 2.04. The molecule has 1 aromatic carbocycles. The van der Waals surface area contributed by atoms with E-state index in [-0.39, 0.29) is 11.8 Å². The van der Waals surface area contributed by atoms with Crippen molar-refractivity contribution in [3.05, 3.63) is 29.6 Å². The lowest BCUT2D eigenvalue weighted by atomic mass is 10.2. The van der Waals surface area contributed by atoms with Crippen molar-refractivity contribution in [1.29, 1.82) is 0 Å². The van der Waals surface area contributed by atoms with Crippen LogP contribution in [0.5, 0.6) is 5.75 Å². The van der Waals surface area contributed by atoms with E-state index in [4.69, 9.17) is 4.74 Å². The van der Waals surface area contributed by atoms with Crippen LogP contribution in [-0.2, 0) is 6.54 Å². The van der Waals surface area contributed by atoms with Crippen LogP contribution in [0.4, 0.5) is 9.18 Å². The average molecular weight is 240 g/mol. The fourth-order valence-electron chi connectivity index (χ4n) is 1.30. The van der Waals surface area contributed by atoms with Crippen LogP contribution >= 0.6 is 0 Å². The van der Waals surface area contributed by atoms with Crippen molar-refractivity contribution in [2.24, 2.45) is 0 Å². The van der Waals surface area contributed by atoms with Crippen LogP contribution in [0, 0.1) is 5.82 Å². The van der Waals surface area contributed by atoms with E-state index in [1.165, 1.54) is 13.2 Å². The Kier molecular flexibility index (Phi) is 5.26. The SMILES string of the molecule is CCCNC(=O)NCc1ccc(F)c(OC)c1. The standard InChI is InChI=1S/C12H17FN2O2/c1-3-6-14-12(16)15-8-9-4-5-10(13)11(7-9)17-2/h4-5,7H,3,6,8H2,1-2H3,(H2,14,15,16). The maximum absolute atomic E-state index is 13.1. The van der Waals surface area contributed by atoms with Crippen LogP contribution in [0.1, 0.15) is 18.9 Å². The van der Waals surface area contributed by atoms with Crippen molar-refractivity contribution in [3.63, 3.8) is 0 Å². The summed E-state index contributed by atoms with van der Waals surface area (Å²) in [6.45, 7) is 2.95. The minimum Gasteiger partial charge on any atom is -0.494 e. The summed E-state index contributed by atoms with van der Waals surface area (Å²) >= 11 is 0. The number of methoxy groups -OCH3 is 1. The molecule has 94 valence electrons. The average Bonchev–Trinajstić information content (AvgIpc) is 2.35. The van der Waals surface area contributed by atoms with Gasteiger partial charge >= 0.3 is 6.03 Å². The molecule has 0 heterocycles. The van der Waals surface area contributed by atoms with Gasteiger partial charge in [0.25, 0.3) is 0 Å². The van der Waals surface area contributed by atoms with Gasteiger partial charge in [0.15, 0.2) is 11.6 Å². The summed E-state index contributed by atoms with van der Waals surface area (Å²) in [5.74, 6) is -0.232. The number of carbonyl (C=O) groups is 1. The van der Waals surface area contributed by atoms with Crippen molar-refractivity contribution in [1.82, 2.24) is 10.6 Å². The molecule has 17 heavy (non-hydrogen) atoms. The number of hydrogen-bond donors (Lipinski definition) is 2. The third kappa shape index (κ3) is 4.30. The van der Waals surface area contributed by atoms with Gasteiger partial charge in [0.1, 0.15) is 0 Å². The molecule has 2 amide bonds. The molecule has 1 rings (SSSR count). The van der Waals surface area contributed by atoms with Crippen LogP contribution in [-0.4, -0.2) is 19.7 Å². The molecule has 0 aliphatic carbocycles. The van der Waals surface area contributed by atoms with E-state index in [0.717, 1.165) is 12.0 Å². The normalized spacial score (nSPS) is 9.82. The number of nitrogens with one attached hydrogen (secondary N) is 2. The highest BCUT2D eigenvalue weighted by Crippen LogP contribution is 2.17. The molecule has 0 aliphatic rings. The molecule has 4 nitrogen and oxygen atoms in total. The van der Waals surface area contributed by atoms with Gasteiger partial charge in [-0.3, -0.25) is 0 Å². The van der Waals surface area contributed by atoms with Gasteiger partial charge in [-0.15, -0.1) is 0 Å². The second-order valence-corrected chi connectivity index (χ2v) is 3.58. The van der Waals surface area contributed by atoms with Gasteiger partial charge in [0.05, 0.1) is 7.11 Å². The van der Waals surface area contributed by atoms with Gasteiger partial charge in [-0.2, -0.15) is 0 Å². The quantitative estimate of drug-likeness (QED) is 0.827. The lowest BCUT2D eigenvalue weighted by Crippen LogP contribution is -2.35. The molecule has 0 bridgehead atoms. The zero-order valence-electron chi connectivity index (χ0n) is 10.0. The fraction of sp³-hybridized carbons (Fsp3) is 0.417. The molecular formula is C12H17FN2O2. The Morgan fingerprint density at radius 1 is 1.41 bits per heavy atom. The first-order chi connectivity index (χ1) is 8.17. The first-order valence-corrected chi connectivity index (χ1v) is 5.51. The van der Waals surface area contributed by atoms with Crippen LogP contribution in [0.3, 0.4) is 0 Å². The Balaban J connectivity index is 2.49. The highest BCUT2D eigenvalue weighted by atomic mass is 19.1. The maximum atomic E-state index is 13.1. The molecule has 0 fully saturated rings. The second kappa shape index (κ2) is 6.73. The smallest absolute Gasteiger partial charge is 0.315 e. The summed E-state index contributed by atoms with van der Waals surface area (Å²) in [5.41, 5.74) is 0.787. The minimum atomic E-state index is -0.410. The van der Waals surface area contributed by atoms with Crippen LogP contribution in [0.25, 0.3) is 0 Å². The predicted molar refractivity (Wildman–Crippen MR) is 63.5 cm³/mol. The zero-order chi connectivity index (χ0) is 12.7. The van der Waals surface area contributed by atoms with Crippen molar-refractivity contribution >= 4 is 6.03 Å². The van der Waals surface area contributed by atoms with E-state index in [1.807, 2.05) is 6.92 Å². The zero-order valence-corrected chi connectivity index (χ0v) is 10.0. The largest absolute Gasteiger partial charge is 0.494 e. The minimum absolute atomic E-state index is 0.179. The predicted octanol–water partition coefficient (Wildman–Crippen LogP) is 2.04. The van der Waals surface area contributed by atoms with E-state index in [2.05, 4.69) is 10.6 Å². The number of ether oxygens (including phenoxy) is 1. The Bertz CT molecular complexity index is 383. The van der Waals surface area contributed by atoms with Crippen molar-refractivity contribution < 1.29 is 13.9 Å². The van der Waals surface area contributed by atoms with Crippen LogP contribution in [0.15, 0.2) is 18.2 Å². The third-order valence-corrected chi connectivity index (χ3v) is 2.20. The van der Waals surface area contributed by atoms with Crippen molar-refractivity contribution in [2.75, 3.05) is 13.7 Å². The molecule has 0 saturated heterocycles. The highest BCUT2D eigenvalue weighted by molar-refractivity contribution is 5.73. The van der Waals surface area contributed by atoms with Crippen molar-refractivity contribution in [3.8, 4) is 5.75 Å². The summed E-state index contributed by atoms with van der Waals surface area (Å²) in [6, 6.07) is 4.27. The molecule has 0 aliphatic heterocycles. The van der Waals surface area contributed by atoms with E-state index in [0.29, 0.717) is 13.1 Å². The molecule has 0 saturated carbocycles. The molecule has 0 atom stereocenters. The molecular weight excluding hydrogens is 223 g/mol. The third-order valence-electron chi connectivity index (χ3n) is 2.20. The van der Waals surface area contributed by atoms with E-state index < -0.39 is 5.82 Å². The monoisotopic (exact) mass is 240 g/mol. The maximum Gasteiger partial charge on any atom is 0.315 e. The van der Waals surface area contributed by atoms with E-state index in [9.17, 15) is 9.18 Å². The number of halogens is 1. The number of rotatable bonds is 5. The molecule has 5 heteroatoms. The molecule has 1 aromatic rings. The van der Waals surface area contributed by atoms with Gasteiger partial charge in [-0.05, 0) is 24.1 Å². The topological polar surface area (TPSA) is 50.4 Å². The number of urea groups is 1. The first kappa shape index (κ1) is 13.3. The molecule has 2 N–H and O–H groups in total. The first-order valence-electron chi connectivity index (χ1n) is 5.51. The van der Waals surface area contributed by atoms with Gasteiger partial charge in [-0.25, -0.2) is 9.18 Å². The second-order valence-electron chi connectivity index (χ2n) is 3.58. The summed E-state index contributed by atoms with van der Waals surface area (Å²) in [4.78, 5) is 11.3. The molecule has 0 unspecified atom stereocenters. The molecule has 0 radical (unpaired) electrons. The van der Waals surface area contributed by atoms with Crippen molar-refractivity contribution in [2.45, 2.75) is 19.9 Å². The van der Waals surface area contributed by atoms with Gasteiger partial charge in [0, 0.05) is 13.1 Å². The van der Waals surface area contributed by atoms with Gasteiger partial charge in [0.2, 0.25) is 0 Å². The van der Waals surface area contributed by atoms with E-state index >= 15 is 0 Å². The van der Waals surface area contributed by atoms with Crippen LogP contribution < -0.4 is 15.4 Å². The summed E-state index contributed by atoms with van der Waals surface area (Å²) in [5, 5.41) is 5.36. The summed E-state index contributed by atoms with van der Waals surface area (Å²) in [6.07, 6.45) is 0.887. The van der Waals surface area contributed by atoms with Gasteiger partial charge in [-0.1, -0.05) is 13.0 Å². The van der Waals surface area contributed by atoms with E-state index in [1.54, 1.807) is 12.1 Å². The lowest BCUT2D eigenvalue weighted by molar-refractivity contribution is 0.240. The Hall–Kier alpha value is -1.78. The lowest BCUT2D eigenvalue weighted by Gasteiger charge is -2.08. The fourth-order valence-corrected chi connectivity index (χ4v) is 1.30. The van der Waals surface area contributed by atoms with Gasteiger partial charge < -0.3 is 15.4 Å². The number of amides is 2. The molecule has 0 aromatic heterocycles. The Morgan fingerprint density at radius 3 is 2.82 bits per heavy atom. The Labute approximate surface area is 100 Å². The number of benzene rings is 1. The molecule has 0 spiro atoms. The summed E-state index contributed by atoms with van der Waals surface area (Å²) in [7, 11) is 1.41. The number of carbonyl (C=O) groups excluding carboxylic acids is 1.